The van der Waals surface area contributed by atoms with Crippen LogP contribution in [0.3, 0.4) is 0 Å². The lowest BCUT2D eigenvalue weighted by atomic mass is 9.92. The van der Waals surface area contributed by atoms with E-state index in [0.717, 1.165) is 48.8 Å². The first-order valence-corrected chi connectivity index (χ1v) is 10.1. The van der Waals surface area contributed by atoms with Gasteiger partial charge in [0.1, 0.15) is 11.8 Å². The van der Waals surface area contributed by atoms with Gasteiger partial charge >= 0.3 is 0 Å². The van der Waals surface area contributed by atoms with Crippen LogP contribution in [0.2, 0.25) is 0 Å². The minimum atomic E-state index is -0.442. The summed E-state index contributed by atoms with van der Waals surface area (Å²) in [6.07, 6.45) is 7.00. The number of fused-ring (bicyclic) bond motifs is 1. The van der Waals surface area contributed by atoms with E-state index in [9.17, 15) is 9.59 Å². The van der Waals surface area contributed by atoms with Crippen molar-refractivity contribution in [2.45, 2.75) is 70.6 Å². The van der Waals surface area contributed by atoms with E-state index in [2.05, 4.69) is 15.6 Å². The number of amides is 2. The molecule has 0 bridgehead atoms. The lowest BCUT2D eigenvalue weighted by molar-refractivity contribution is -0.129. The number of nitrogens with zero attached hydrogens (tertiary/aromatic N) is 1. The number of carbonyl (C=O) groups is 2. The van der Waals surface area contributed by atoms with Crippen LogP contribution in [-0.4, -0.2) is 35.0 Å². The smallest absolute Gasteiger partial charge is 0.242 e. The van der Waals surface area contributed by atoms with Crippen LogP contribution in [0.4, 0.5) is 0 Å². The molecule has 0 saturated heterocycles. The van der Waals surface area contributed by atoms with Gasteiger partial charge in [0.25, 0.3) is 0 Å². The van der Waals surface area contributed by atoms with Gasteiger partial charge in [0.05, 0.1) is 11.6 Å². The summed E-state index contributed by atoms with van der Waals surface area (Å²) in [5, 5.41) is 6.92. The molecular weight excluding hydrogens is 354 g/mol. The highest BCUT2D eigenvalue weighted by atomic mass is 16.5. The molecule has 1 saturated carbocycles. The highest BCUT2D eigenvalue weighted by molar-refractivity contribution is 5.87. The van der Waals surface area contributed by atoms with Crippen molar-refractivity contribution in [1.82, 2.24) is 15.6 Å². The summed E-state index contributed by atoms with van der Waals surface area (Å²) in [4.78, 5) is 28.1. The van der Waals surface area contributed by atoms with E-state index in [1.54, 1.807) is 6.20 Å². The third-order valence-corrected chi connectivity index (χ3v) is 5.17. The van der Waals surface area contributed by atoms with Gasteiger partial charge in [0.15, 0.2) is 0 Å². The third-order valence-electron chi connectivity index (χ3n) is 5.17. The zero-order valence-corrected chi connectivity index (χ0v) is 16.6. The summed E-state index contributed by atoms with van der Waals surface area (Å²) < 4.78 is 6.16. The lowest BCUT2D eigenvalue weighted by Crippen LogP contribution is -2.50. The Kier molecular flexibility index (Phi) is 6.85. The summed E-state index contributed by atoms with van der Waals surface area (Å²) in [7, 11) is 0. The Hall–Kier alpha value is -2.63. The normalized spacial score (nSPS) is 20.4. The molecule has 2 aromatic rings. The summed E-state index contributed by atoms with van der Waals surface area (Å²) in [5.41, 5.74) is 0.960. The summed E-state index contributed by atoms with van der Waals surface area (Å²) >= 11 is 0. The third kappa shape index (κ3) is 5.44. The average Bonchev–Trinajstić information content (AvgIpc) is 2.69. The number of benzene rings is 1. The molecular formula is C22H29N3O3. The van der Waals surface area contributed by atoms with Gasteiger partial charge in [-0.15, -0.1) is 0 Å². The van der Waals surface area contributed by atoms with E-state index in [1.807, 2.05) is 37.3 Å². The molecule has 0 radical (unpaired) electrons. The molecule has 2 N–H and O–H groups in total. The van der Waals surface area contributed by atoms with Crippen molar-refractivity contribution in [2.75, 3.05) is 0 Å². The Labute approximate surface area is 166 Å². The molecule has 0 spiro atoms. The predicted octanol–water partition coefficient (Wildman–Crippen LogP) is 3.35. The first-order chi connectivity index (χ1) is 13.5. The fourth-order valence-corrected chi connectivity index (χ4v) is 3.75. The van der Waals surface area contributed by atoms with E-state index >= 15 is 0 Å². The Morgan fingerprint density at radius 1 is 1.21 bits per heavy atom. The lowest BCUT2D eigenvalue weighted by Gasteiger charge is -2.30. The van der Waals surface area contributed by atoms with Crippen molar-refractivity contribution in [3.63, 3.8) is 0 Å². The number of hydrogen-bond donors (Lipinski definition) is 2. The van der Waals surface area contributed by atoms with Crippen molar-refractivity contribution in [3.05, 3.63) is 36.5 Å². The van der Waals surface area contributed by atoms with E-state index in [0.29, 0.717) is 6.42 Å². The van der Waals surface area contributed by atoms with Crippen LogP contribution in [0.15, 0.2) is 36.5 Å². The maximum absolute atomic E-state index is 12.5. The molecule has 1 aromatic carbocycles. The van der Waals surface area contributed by atoms with Crippen LogP contribution in [-0.2, 0) is 9.59 Å². The highest BCUT2D eigenvalue weighted by Gasteiger charge is 2.26. The Balaban J connectivity index is 1.49. The minimum Gasteiger partial charge on any atom is -0.490 e. The molecule has 6 nitrogen and oxygen atoms in total. The molecule has 0 aliphatic heterocycles. The van der Waals surface area contributed by atoms with E-state index in [-0.39, 0.29) is 24.0 Å². The minimum absolute atomic E-state index is 0.0801. The second-order valence-corrected chi connectivity index (χ2v) is 7.50. The molecule has 150 valence electrons. The molecule has 6 heteroatoms. The number of rotatable bonds is 7. The summed E-state index contributed by atoms with van der Waals surface area (Å²) in [6, 6.07) is 9.62. The molecule has 3 rings (SSSR count). The van der Waals surface area contributed by atoms with Gasteiger partial charge in [-0.25, -0.2) is 0 Å². The number of carbonyl (C=O) groups excluding carboxylic acids is 2. The van der Waals surface area contributed by atoms with Gasteiger partial charge in [0.2, 0.25) is 11.8 Å². The monoisotopic (exact) mass is 383 g/mol. The molecule has 2 amide bonds. The number of ether oxygens (including phenoxy) is 1. The molecule has 1 atom stereocenters. The largest absolute Gasteiger partial charge is 0.490 e. The van der Waals surface area contributed by atoms with Crippen LogP contribution in [0.5, 0.6) is 5.75 Å². The molecule has 1 fully saturated rings. The maximum Gasteiger partial charge on any atom is 0.242 e. The van der Waals surface area contributed by atoms with Gasteiger partial charge in [-0.2, -0.15) is 0 Å². The van der Waals surface area contributed by atoms with Crippen LogP contribution in [0.1, 0.15) is 52.4 Å². The van der Waals surface area contributed by atoms with Gasteiger partial charge in [0, 0.05) is 24.5 Å². The Bertz CT molecular complexity index is 816. The zero-order chi connectivity index (χ0) is 19.9. The van der Waals surface area contributed by atoms with Crippen molar-refractivity contribution >= 4 is 22.7 Å². The average molecular weight is 383 g/mol. The number of nitrogens with one attached hydrogen (secondary N) is 2. The molecule has 1 aromatic heterocycles. The Morgan fingerprint density at radius 3 is 2.71 bits per heavy atom. The van der Waals surface area contributed by atoms with Crippen LogP contribution in [0.25, 0.3) is 10.9 Å². The Morgan fingerprint density at radius 2 is 2.00 bits per heavy atom. The number of aromatic nitrogens is 1. The first kappa shape index (κ1) is 20.1. The van der Waals surface area contributed by atoms with Crippen molar-refractivity contribution in [1.29, 1.82) is 0 Å². The predicted molar refractivity (Wildman–Crippen MR) is 109 cm³/mol. The van der Waals surface area contributed by atoms with Crippen molar-refractivity contribution < 1.29 is 14.3 Å². The van der Waals surface area contributed by atoms with Gasteiger partial charge in [-0.1, -0.05) is 19.4 Å². The van der Waals surface area contributed by atoms with Crippen LogP contribution < -0.4 is 15.4 Å². The fraction of sp³-hybridized carbons (Fsp3) is 0.500. The summed E-state index contributed by atoms with van der Waals surface area (Å²) in [5.74, 6) is 0.612. The van der Waals surface area contributed by atoms with Gasteiger partial charge in [-0.3, -0.25) is 14.6 Å². The van der Waals surface area contributed by atoms with E-state index < -0.39 is 6.04 Å². The summed E-state index contributed by atoms with van der Waals surface area (Å²) in [6.45, 7) is 3.45. The van der Waals surface area contributed by atoms with E-state index in [1.165, 1.54) is 6.92 Å². The zero-order valence-electron chi connectivity index (χ0n) is 16.6. The van der Waals surface area contributed by atoms with E-state index in [4.69, 9.17) is 4.74 Å². The van der Waals surface area contributed by atoms with Gasteiger partial charge < -0.3 is 15.4 Å². The maximum atomic E-state index is 12.5. The van der Waals surface area contributed by atoms with Crippen LogP contribution in [0, 0.1) is 0 Å². The van der Waals surface area contributed by atoms with Crippen LogP contribution >= 0.6 is 0 Å². The highest BCUT2D eigenvalue weighted by Crippen LogP contribution is 2.26. The second kappa shape index (κ2) is 9.53. The SMILES string of the molecule is CCCC(NC(C)=O)C(=O)NC1CCC(Oc2ccc3ncccc3c2)CC1. The van der Waals surface area contributed by atoms with Gasteiger partial charge in [-0.05, 0) is 56.4 Å². The molecule has 1 unspecified atom stereocenters. The van der Waals surface area contributed by atoms with Crippen molar-refractivity contribution in [2.24, 2.45) is 0 Å². The molecule has 1 heterocycles. The number of pyridine rings is 1. The quantitative estimate of drug-likeness (QED) is 0.768. The standard InChI is InChI=1S/C22H29N3O3/c1-3-5-21(24-15(2)26)22(27)25-17-7-9-18(10-8-17)28-19-11-12-20-16(14-19)6-4-13-23-20/h4,6,11-14,17-18,21H,3,5,7-10H2,1-2H3,(H,24,26)(H,25,27). The number of hydrogen-bond acceptors (Lipinski definition) is 4. The van der Waals surface area contributed by atoms with Crippen molar-refractivity contribution in [3.8, 4) is 5.75 Å². The molecule has 28 heavy (non-hydrogen) atoms. The topological polar surface area (TPSA) is 80.3 Å². The first-order valence-electron chi connectivity index (χ1n) is 10.1. The fourth-order valence-electron chi connectivity index (χ4n) is 3.75. The molecule has 1 aliphatic carbocycles. The molecule has 1 aliphatic rings. The second-order valence-electron chi connectivity index (χ2n) is 7.50.